The molecule has 1 unspecified atom stereocenters. The Labute approximate surface area is 119 Å². The molecule has 1 aromatic carbocycles. The minimum atomic E-state index is -0.341. The third-order valence-corrected chi connectivity index (χ3v) is 3.56. The lowest BCUT2D eigenvalue weighted by Gasteiger charge is -2.06. The topological polar surface area (TPSA) is 52.0 Å². The van der Waals surface area contributed by atoms with E-state index < -0.39 is 0 Å². The molecule has 96 valence electrons. The van der Waals surface area contributed by atoms with Crippen molar-refractivity contribution in [3.05, 3.63) is 64.1 Å². The van der Waals surface area contributed by atoms with Crippen LogP contribution in [-0.2, 0) is 0 Å². The standard InChI is InChI=1S/C15H13BrN2O/c1-9-6-11(16)7-10-8-13(19-15(9)10)14(17)12-4-2-3-5-18-12/h2-8,14H,17H2,1H3. The Morgan fingerprint density at radius 1 is 1.26 bits per heavy atom. The lowest BCUT2D eigenvalue weighted by Crippen LogP contribution is -2.12. The zero-order valence-electron chi connectivity index (χ0n) is 10.4. The van der Waals surface area contributed by atoms with Crippen molar-refractivity contribution < 1.29 is 4.42 Å². The summed E-state index contributed by atoms with van der Waals surface area (Å²) in [5, 5.41) is 1.05. The van der Waals surface area contributed by atoms with Gasteiger partial charge in [-0.1, -0.05) is 22.0 Å². The van der Waals surface area contributed by atoms with Crippen LogP contribution in [0.15, 0.2) is 51.5 Å². The molecule has 0 radical (unpaired) electrons. The number of aryl methyl sites for hydroxylation is 1. The molecule has 0 fully saturated rings. The molecule has 0 amide bonds. The van der Waals surface area contributed by atoms with Crippen molar-refractivity contribution in [3.8, 4) is 0 Å². The fraction of sp³-hybridized carbons (Fsp3) is 0.133. The number of hydrogen-bond donors (Lipinski definition) is 1. The van der Waals surface area contributed by atoms with Crippen LogP contribution < -0.4 is 5.73 Å². The largest absolute Gasteiger partial charge is 0.459 e. The minimum Gasteiger partial charge on any atom is -0.459 e. The van der Waals surface area contributed by atoms with Crippen molar-refractivity contribution >= 4 is 26.9 Å². The molecule has 0 bridgehead atoms. The van der Waals surface area contributed by atoms with E-state index in [9.17, 15) is 0 Å². The molecule has 3 rings (SSSR count). The summed E-state index contributed by atoms with van der Waals surface area (Å²) in [6.45, 7) is 2.02. The molecule has 0 spiro atoms. The first-order valence-electron chi connectivity index (χ1n) is 6.01. The molecular weight excluding hydrogens is 304 g/mol. The van der Waals surface area contributed by atoms with Crippen LogP contribution in [0.1, 0.15) is 23.1 Å². The molecule has 0 saturated heterocycles. The lowest BCUT2D eigenvalue weighted by molar-refractivity contribution is 0.519. The van der Waals surface area contributed by atoms with Gasteiger partial charge in [0, 0.05) is 16.1 Å². The molecule has 0 aliphatic rings. The monoisotopic (exact) mass is 316 g/mol. The quantitative estimate of drug-likeness (QED) is 0.779. The van der Waals surface area contributed by atoms with Gasteiger partial charge in [0.15, 0.2) is 0 Å². The summed E-state index contributed by atoms with van der Waals surface area (Å²) in [6, 6.07) is 11.4. The number of fused-ring (bicyclic) bond motifs is 1. The van der Waals surface area contributed by atoms with E-state index in [0.29, 0.717) is 0 Å². The summed E-state index contributed by atoms with van der Waals surface area (Å²) < 4.78 is 6.92. The Hall–Kier alpha value is -1.65. The summed E-state index contributed by atoms with van der Waals surface area (Å²) in [5.74, 6) is 0.731. The van der Waals surface area contributed by atoms with Crippen LogP contribution in [0, 0.1) is 6.92 Å². The predicted molar refractivity (Wildman–Crippen MR) is 78.9 cm³/mol. The van der Waals surface area contributed by atoms with Crippen LogP contribution in [0.4, 0.5) is 0 Å². The van der Waals surface area contributed by atoms with Gasteiger partial charge in [-0.3, -0.25) is 4.98 Å². The third-order valence-electron chi connectivity index (χ3n) is 3.10. The number of aromatic nitrogens is 1. The van der Waals surface area contributed by atoms with E-state index in [1.54, 1.807) is 6.20 Å². The number of rotatable bonds is 2. The van der Waals surface area contributed by atoms with Gasteiger partial charge in [-0.15, -0.1) is 0 Å². The number of benzene rings is 1. The second-order valence-corrected chi connectivity index (χ2v) is 5.44. The highest BCUT2D eigenvalue weighted by molar-refractivity contribution is 9.10. The summed E-state index contributed by atoms with van der Waals surface area (Å²) in [5.41, 5.74) is 8.97. The molecule has 0 aliphatic carbocycles. The number of pyridine rings is 1. The van der Waals surface area contributed by atoms with E-state index in [1.165, 1.54) is 0 Å². The summed E-state index contributed by atoms with van der Waals surface area (Å²) in [4.78, 5) is 4.27. The number of halogens is 1. The van der Waals surface area contributed by atoms with Gasteiger partial charge in [-0.2, -0.15) is 0 Å². The molecular formula is C15H13BrN2O. The van der Waals surface area contributed by atoms with E-state index in [4.69, 9.17) is 10.2 Å². The van der Waals surface area contributed by atoms with Crippen LogP contribution in [-0.4, -0.2) is 4.98 Å². The maximum atomic E-state index is 6.20. The molecule has 2 heterocycles. The van der Waals surface area contributed by atoms with Crippen LogP contribution in [0.3, 0.4) is 0 Å². The molecule has 3 aromatic rings. The number of hydrogen-bond acceptors (Lipinski definition) is 3. The van der Waals surface area contributed by atoms with Crippen molar-refractivity contribution in [2.75, 3.05) is 0 Å². The molecule has 0 saturated carbocycles. The highest BCUT2D eigenvalue weighted by atomic mass is 79.9. The third kappa shape index (κ3) is 2.29. The first kappa shape index (κ1) is 12.4. The summed E-state index contributed by atoms with van der Waals surface area (Å²) in [6.07, 6.45) is 1.74. The summed E-state index contributed by atoms with van der Waals surface area (Å²) in [7, 11) is 0. The summed E-state index contributed by atoms with van der Waals surface area (Å²) >= 11 is 3.49. The van der Waals surface area contributed by atoms with Gasteiger partial charge in [0.05, 0.1) is 5.69 Å². The smallest absolute Gasteiger partial charge is 0.137 e. The van der Waals surface area contributed by atoms with Crippen LogP contribution in [0.2, 0.25) is 0 Å². The van der Waals surface area contributed by atoms with Gasteiger partial charge >= 0.3 is 0 Å². The number of nitrogens with zero attached hydrogens (tertiary/aromatic N) is 1. The molecule has 4 heteroatoms. The van der Waals surface area contributed by atoms with Crippen LogP contribution >= 0.6 is 15.9 Å². The van der Waals surface area contributed by atoms with Crippen molar-refractivity contribution in [2.45, 2.75) is 13.0 Å². The van der Waals surface area contributed by atoms with Crippen molar-refractivity contribution in [1.82, 2.24) is 4.98 Å². The molecule has 1 atom stereocenters. The van der Waals surface area contributed by atoms with Gasteiger partial charge < -0.3 is 10.2 Å². The van der Waals surface area contributed by atoms with Gasteiger partial charge in [0.2, 0.25) is 0 Å². The average Bonchev–Trinajstić information content (AvgIpc) is 2.83. The van der Waals surface area contributed by atoms with E-state index in [-0.39, 0.29) is 6.04 Å². The van der Waals surface area contributed by atoms with Crippen LogP contribution in [0.25, 0.3) is 11.0 Å². The first-order valence-corrected chi connectivity index (χ1v) is 6.80. The molecule has 2 N–H and O–H groups in total. The minimum absolute atomic E-state index is 0.341. The van der Waals surface area contributed by atoms with Gasteiger partial charge in [-0.05, 0) is 42.8 Å². The second-order valence-electron chi connectivity index (χ2n) is 4.52. The Morgan fingerprint density at radius 3 is 2.84 bits per heavy atom. The maximum Gasteiger partial charge on any atom is 0.137 e. The zero-order chi connectivity index (χ0) is 13.4. The molecule has 19 heavy (non-hydrogen) atoms. The van der Waals surface area contributed by atoms with E-state index in [2.05, 4.69) is 20.9 Å². The van der Waals surface area contributed by atoms with E-state index in [0.717, 1.165) is 32.5 Å². The van der Waals surface area contributed by atoms with Gasteiger partial charge in [-0.25, -0.2) is 0 Å². The van der Waals surface area contributed by atoms with Crippen molar-refractivity contribution in [3.63, 3.8) is 0 Å². The number of furan rings is 1. The predicted octanol–water partition coefficient (Wildman–Crippen LogP) is 3.95. The number of nitrogens with two attached hydrogens (primary N) is 1. The highest BCUT2D eigenvalue weighted by Crippen LogP contribution is 2.30. The van der Waals surface area contributed by atoms with Crippen LogP contribution in [0.5, 0.6) is 0 Å². The fourth-order valence-corrected chi connectivity index (χ4v) is 2.75. The maximum absolute atomic E-state index is 6.20. The highest BCUT2D eigenvalue weighted by Gasteiger charge is 2.16. The second kappa shape index (κ2) is 4.79. The Kier molecular flexibility index (Phi) is 3.12. The Morgan fingerprint density at radius 2 is 2.11 bits per heavy atom. The van der Waals surface area contributed by atoms with Crippen molar-refractivity contribution in [2.24, 2.45) is 5.73 Å². The first-order chi connectivity index (χ1) is 9.15. The lowest BCUT2D eigenvalue weighted by atomic mass is 10.1. The SMILES string of the molecule is Cc1cc(Br)cc2cc(C(N)c3ccccn3)oc12. The zero-order valence-corrected chi connectivity index (χ0v) is 12.0. The normalized spacial score (nSPS) is 12.8. The molecule has 3 nitrogen and oxygen atoms in total. The Balaban J connectivity index is 2.09. The fourth-order valence-electron chi connectivity index (χ4n) is 2.16. The molecule has 2 aromatic heterocycles. The van der Waals surface area contributed by atoms with E-state index in [1.807, 2.05) is 43.3 Å². The van der Waals surface area contributed by atoms with Gasteiger partial charge in [0.1, 0.15) is 17.4 Å². The average molecular weight is 317 g/mol. The van der Waals surface area contributed by atoms with E-state index >= 15 is 0 Å². The van der Waals surface area contributed by atoms with Crippen molar-refractivity contribution in [1.29, 1.82) is 0 Å². The Bertz CT molecular complexity index is 722. The molecule has 0 aliphatic heterocycles. The van der Waals surface area contributed by atoms with Gasteiger partial charge in [0.25, 0.3) is 0 Å².